The molecule has 4 N–H and O–H groups in total. The van der Waals surface area contributed by atoms with Gasteiger partial charge in [-0.3, -0.25) is 4.79 Å². The Morgan fingerprint density at radius 3 is 3.05 bits per heavy atom. The van der Waals surface area contributed by atoms with Crippen LogP contribution in [-0.4, -0.2) is 27.4 Å². The Labute approximate surface area is 114 Å². The van der Waals surface area contributed by atoms with E-state index in [2.05, 4.69) is 25.6 Å². The molecule has 2 aromatic heterocycles. The molecular weight excluding hydrogens is 264 g/mol. The highest BCUT2D eigenvalue weighted by Crippen LogP contribution is 2.24. The van der Waals surface area contributed by atoms with E-state index in [0.29, 0.717) is 16.6 Å². The van der Waals surface area contributed by atoms with Gasteiger partial charge in [-0.05, 0) is 13.0 Å². The first kappa shape index (κ1) is 13.2. The fraction of sp³-hybridized carbons (Fsp3) is 0.273. The highest BCUT2D eigenvalue weighted by molar-refractivity contribution is 7.18. The molecule has 19 heavy (non-hydrogen) atoms. The minimum atomic E-state index is -0.252. The summed E-state index contributed by atoms with van der Waals surface area (Å²) in [6, 6.07) is 1.74. The van der Waals surface area contributed by atoms with Crippen molar-refractivity contribution in [2.45, 2.75) is 13.5 Å². The van der Waals surface area contributed by atoms with Crippen LogP contribution in [0, 0.1) is 0 Å². The number of hydrogen-bond donors (Lipinski definition) is 3. The molecule has 0 saturated heterocycles. The molecule has 0 unspecified atom stereocenters. The SMILES string of the molecule is CCNc1nc(N)c(C(=O)NCc2ccncn2)s1. The van der Waals surface area contributed by atoms with Crippen LogP contribution in [0.5, 0.6) is 0 Å². The molecule has 0 saturated carbocycles. The molecule has 0 spiro atoms. The summed E-state index contributed by atoms with van der Waals surface area (Å²) in [6.07, 6.45) is 3.06. The fourth-order valence-electron chi connectivity index (χ4n) is 1.40. The van der Waals surface area contributed by atoms with Crippen molar-refractivity contribution in [3.05, 3.63) is 29.2 Å². The minimum absolute atomic E-state index is 0.237. The van der Waals surface area contributed by atoms with Crippen LogP contribution in [0.1, 0.15) is 22.3 Å². The molecule has 8 heteroatoms. The lowest BCUT2D eigenvalue weighted by Gasteiger charge is -2.02. The number of hydrogen-bond acceptors (Lipinski definition) is 7. The number of carbonyl (C=O) groups is 1. The second-order valence-electron chi connectivity index (χ2n) is 3.65. The Bertz CT molecular complexity index is 556. The Morgan fingerprint density at radius 2 is 2.37 bits per heavy atom. The van der Waals surface area contributed by atoms with E-state index >= 15 is 0 Å². The Hall–Kier alpha value is -2.22. The van der Waals surface area contributed by atoms with Gasteiger partial charge in [0.15, 0.2) is 5.13 Å². The zero-order valence-corrected chi connectivity index (χ0v) is 11.2. The zero-order valence-electron chi connectivity index (χ0n) is 10.4. The summed E-state index contributed by atoms with van der Waals surface area (Å²) in [4.78, 5) is 24.3. The lowest BCUT2D eigenvalue weighted by Crippen LogP contribution is -2.23. The van der Waals surface area contributed by atoms with Gasteiger partial charge in [-0.2, -0.15) is 0 Å². The summed E-state index contributed by atoms with van der Waals surface area (Å²) in [6.45, 7) is 3.01. The predicted octanol–water partition coefficient (Wildman–Crippen LogP) is 0.877. The van der Waals surface area contributed by atoms with E-state index in [1.165, 1.54) is 17.7 Å². The van der Waals surface area contributed by atoms with Crippen LogP contribution in [0.15, 0.2) is 18.6 Å². The summed E-state index contributed by atoms with van der Waals surface area (Å²) >= 11 is 1.24. The molecule has 2 heterocycles. The van der Waals surface area contributed by atoms with Crippen LogP contribution in [0.25, 0.3) is 0 Å². The first-order valence-corrected chi connectivity index (χ1v) is 6.55. The Kier molecular flexibility index (Phi) is 4.24. The van der Waals surface area contributed by atoms with Crippen molar-refractivity contribution in [2.75, 3.05) is 17.6 Å². The van der Waals surface area contributed by atoms with E-state index in [1.807, 2.05) is 6.92 Å². The number of nitrogens with one attached hydrogen (secondary N) is 2. The lowest BCUT2D eigenvalue weighted by molar-refractivity contribution is 0.0955. The standard InChI is InChI=1S/C11H14N6OS/c1-2-14-11-17-9(12)8(19-11)10(18)15-5-7-3-4-13-6-16-7/h3-4,6H,2,5,12H2,1H3,(H,14,17)(H,15,18). The van der Waals surface area contributed by atoms with Gasteiger partial charge in [0.25, 0.3) is 5.91 Å². The molecule has 1 amide bonds. The van der Waals surface area contributed by atoms with Crippen molar-refractivity contribution in [1.82, 2.24) is 20.3 Å². The van der Waals surface area contributed by atoms with Crippen molar-refractivity contribution in [3.8, 4) is 0 Å². The van der Waals surface area contributed by atoms with Gasteiger partial charge >= 0.3 is 0 Å². The highest BCUT2D eigenvalue weighted by atomic mass is 32.1. The van der Waals surface area contributed by atoms with Gasteiger partial charge in [0.1, 0.15) is 17.0 Å². The molecule has 0 radical (unpaired) electrons. The topological polar surface area (TPSA) is 106 Å². The van der Waals surface area contributed by atoms with Crippen LogP contribution >= 0.6 is 11.3 Å². The number of thiazole rings is 1. The number of aromatic nitrogens is 3. The fourth-order valence-corrected chi connectivity index (χ4v) is 2.26. The third kappa shape index (κ3) is 3.38. The molecule has 100 valence electrons. The number of carbonyl (C=O) groups excluding carboxylic acids is 1. The quantitative estimate of drug-likeness (QED) is 0.749. The van der Waals surface area contributed by atoms with Crippen LogP contribution in [0.2, 0.25) is 0 Å². The van der Waals surface area contributed by atoms with Crippen LogP contribution in [0.3, 0.4) is 0 Å². The smallest absolute Gasteiger partial charge is 0.265 e. The average molecular weight is 278 g/mol. The molecule has 2 aromatic rings. The average Bonchev–Trinajstić information content (AvgIpc) is 2.79. The van der Waals surface area contributed by atoms with Crippen LogP contribution in [-0.2, 0) is 6.54 Å². The van der Waals surface area contributed by atoms with Gasteiger partial charge < -0.3 is 16.4 Å². The van der Waals surface area contributed by atoms with Gasteiger partial charge in [0, 0.05) is 12.7 Å². The van der Waals surface area contributed by atoms with Crippen molar-refractivity contribution in [3.63, 3.8) is 0 Å². The van der Waals surface area contributed by atoms with Crippen molar-refractivity contribution in [2.24, 2.45) is 0 Å². The molecule has 7 nitrogen and oxygen atoms in total. The number of nitrogens with zero attached hydrogens (tertiary/aromatic N) is 3. The van der Waals surface area contributed by atoms with Crippen molar-refractivity contribution >= 4 is 28.2 Å². The second-order valence-corrected chi connectivity index (χ2v) is 4.65. The number of anilines is 2. The zero-order chi connectivity index (χ0) is 13.7. The number of nitrogens with two attached hydrogens (primary N) is 1. The largest absolute Gasteiger partial charge is 0.382 e. The maximum Gasteiger partial charge on any atom is 0.265 e. The minimum Gasteiger partial charge on any atom is -0.382 e. The third-order valence-electron chi connectivity index (χ3n) is 2.26. The molecule has 0 aliphatic rings. The van der Waals surface area contributed by atoms with E-state index in [9.17, 15) is 4.79 Å². The second kappa shape index (κ2) is 6.10. The van der Waals surface area contributed by atoms with Crippen molar-refractivity contribution in [1.29, 1.82) is 0 Å². The van der Waals surface area contributed by atoms with Crippen LogP contribution < -0.4 is 16.4 Å². The van der Waals surface area contributed by atoms with Gasteiger partial charge in [-0.25, -0.2) is 15.0 Å². The Balaban J connectivity index is 2.00. The molecule has 0 aliphatic carbocycles. The van der Waals surface area contributed by atoms with E-state index in [0.717, 1.165) is 12.2 Å². The summed E-state index contributed by atoms with van der Waals surface area (Å²) in [5, 5.41) is 6.41. The number of amides is 1. The molecule has 0 atom stereocenters. The molecule has 0 aromatic carbocycles. The normalized spacial score (nSPS) is 10.2. The summed E-state index contributed by atoms with van der Waals surface area (Å²) in [7, 11) is 0. The van der Waals surface area contributed by atoms with Gasteiger partial charge in [-0.1, -0.05) is 11.3 Å². The summed E-state index contributed by atoms with van der Waals surface area (Å²) in [5.41, 5.74) is 6.45. The van der Waals surface area contributed by atoms with E-state index in [-0.39, 0.29) is 11.7 Å². The van der Waals surface area contributed by atoms with Gasteiger partial charge in [0.05, 0.1) is 12.2 Å². The Morgan fingerprint density at radius 1 is 1.53 bits per heavy atom. The van der Waals surface area contributed by atoms with Gasteiger partial charge in [-0.15, -0.1) is 0 Å². The first-order chi connectivity index (χ1) is 9.20. The summed E-state index contributed by atoms with van der Waals surface area (Å²) in [5.74, 6) is -0.0149. The molecular formula is C11H14N6OS. The number of nitrogen functional groups attached to an aromatic ring is 1. The van der Waals surface area contributed by atoms with Gasteiger partial charge in [0.2, 0.25) is 0 Å². The summed E-state index contributed by atoms with van der Waals surface area (Å²) < 4.78 is 0. The molecule has 0 fully saturated rings. The monoisotopic (exact) mass is 278 g/mol. The molecule has 0 aliphatic heterocycles. The van der Waals surface area contributed by atoms with E-state index in [1.54, 1.807) is 12.3 Å². The lowest BCUT2D eigenvalue weighted by atomic mass is 10.4. The third-order valence-corrected chi connectivity index (χ3v) is 3.29. The van der Waals surface area contributed by atoms with E-state index < -0.39 is 0 Å². The predicted molar refractivity (Wildman–Crippen MR) is 73.9 cm³/mol. The maximum absolute atomic E-state index is 12.0. The van der Waals surface area contributed by atoms with E-state index in [4.69, 9.17) is 5.73 Å². The van der Waals surface area contributed by atoms with Crippen LogP contribution in [0.4, 0.5) is 10.9 Å². The van der Waals surface area contributed by atoms with Crippen molar-refractivity contribution < 1.29 is 4.79 Å². The molecule has 0 bridgehead atoms. The highest BCUT2D eigenvalue weighted by Gasteiger charge is 2.15. The maximum atomic E-state index is 12.0. The first-order valence-electron chi connectivity index (χ1n) is 5.74. The number of rotatable bonds is 5. The molecule has 2 rings (SSSR count).